The van der Waals surface area contributed by atoms with Gasteiger partial charge in [0.05, 0.1) is 6.04 Å². The number of piperidine rings is 1. The molecule has 2 rings (SSSR count). The number of likely N-dealkylation sites (tertiary alicyclic amines) is 1. The van der Waals surface area contributed by atoms with E-state index in [0.29, 0.717) is 23.7 Å². The summed E-state index contributed by atoms with van der Waals surface area (Å²) < 4.78 is 13.7. The fourth-order valence-corrected chi connectivity index (χ4v) is 3.00. The molecule has 0 radical (unpaired) electrons. The van der Waals surface area contributed by atoms with Crippen molar-refractivity contribution in [3.8, 4) is 0 Å². The van der Waals surface area contributed by atoms with Gasteiger partial charge in [0, 0.05) is 19.1 Å². The van der Waals surface area contributed by atoms with E-state index in [1.54, 1.807) is 13.8 Å². The summed E-state index contributed by atoms with van der Waals surface area (Å²) in [6.45, 7) is 9.00. The molecule has 1 aliphatic heterocycles. The Balaban J connectivity index is 2.10. The van der Waals surface area contributed by atoms with E-state index >= 15 is 0 Å². The molecule has 1 amide bonds. The average molecular weight is 292 g/mol. The third kappa shape index (κ3) is 3.82. The predicted octanol–water partition coefficient (Wildman–Crippen LogP) is 2.93. The maximum absolute atomic E-state index is 13.7. The number of hydrogen-bond acceptors (Lipinski definition) is 2. The Morgan fingerprint density at radius 2 is 1.95 bits per heavy atom. The first kappa shape index (κ1) is 16.0. The zero-order valence-electron chi connectivity index (χ0n) is 13.4. The Morgan fingerprint density at radius 1 is 1.33 bits per heavy atom. The lowest BCUT2D eigenvalue weighted by Gasteiger charge is -2.34. The Bertz CT molecular complexity index is 505. The van der Waals surface area contributed by atoms with Crippen LogP contribution in [-0.4, -0.2) is 29.4 Å². The van der Waals surface area contributed by atoms with Gasteiger partial charge in [-0.2, -0.15) is 0 Å². The lowest BCUT2D eigenvalue weighted by Crippen LogP contribution is -2.51. The van der Waals surface area contributed by atoms with Crippen molar-refractivity contribution in [1.82, 2.24) is 10.2 Å². The molecule has 1 fully saturated rings. The van der Waals surface area contributed by atoms with Crippen LogP contribution < -0.4 is 5.32 Å². The highest BCUT2D eigenvalue weighted by molar-refractivity contribution is 5.82. The zero-order chi connectivity index (χ0) is 15.6. The van der Waals surface area contributed by atoms with E-state index < -0.39 is 0 Å². The highest BCUT2D eigenvalue weighted by Crippen LogP contribution is 2.19. The molecule has 0 aromatic heterocycles. The second kappa shape index (κ2) is 6.56. The number of amides is 1. The van der Waals surface area contributed by atoms with Crippen LogP contribution in [-0.2, 0) is 11.3 Å². The number of benzene rings is 1. The molecule has 0 spiro atoms. The number of halogens is 1. The molecule has 1 N–H and O–H groups in total. The van der Waals surface area contributed by atoms with Crippen molar-refractivity contribution < 1.29 is 9.18 Å². The molecule has 1 aromatic rings. The van der Waals surface area contributed by atoms with Crippen LogP contribution in [0.5, 0.6) is 0 Å². The third-order valence-corrected chi connectivity index (χ3v) is 3.93. The molecule has 21 heavy (non-hydrogen) atoms. The minimum atomic E-state index is -0.150. The van der Waals surface area contributed by atoms with Crippen molar-refractivity contribution in [2.75, 3.05) is 6.54 Å². The second-order valence-corrected chi connectivity index (χ2v) is 6.32. The number of nitrogens with zero attached hydrogens (tertiary/aromatic N) is 1. The quantitative estimate of drug-likeness (QED) is 0.925. The molecule has 1 aromatic carbocycles. The minimum absolute atomic E-state index is 0.0820. The van der Waals surface area contributed by atoms with E-state index in [0.717, 1.165) is 24.9 Å². The van der Waals surface area contributed by atoms with E-state index in [2.05, 4.69) is 19.2 Å². The van der Waals surface area contributed by atoms with Crippen LogP contribution in [0.25, 0.3) is 0 Å². The molecule has 1 atom stereocenters. The SMILES string of the molecule is Cc1cc(CN2CCCC(NC(C)C)C2=O)cc(C)c1F. The van der Waals surface area contributed by atoms with Gasteiger partial charge in [0.15, 0.2) is 0 Å². The molecule has 1 aliphatic rings. The highest BCUT2D eigenvalue weighted by atomic mass is 19.1. The van der Waals surface area contributed by atoms with E-state index in [1.807, 2.05) is 17.0 Å². The van der Waals surface area contributed by atoms with Gasteiger partial charge in [0.25, 0.3) is 0 Å². The number of carbonyl (C=O) groups is 1. The molecule has 0 bridgehead atoms. The average Bonchev–Trinajstić information content (AvgIpc) is 2.40. The number of rotatable bonds is 4. The van der Waals surface area contributed by atoms with Gasteiger partial charge in [0.2, 0.25) is 5.91 Å². The van der Waals surface area contributed by atoms with E-state index in [9.17, 15) is 9.18 Å². The van der Waals surface area contributed by atoms with Gasteiger partial charge in [0.1, 0.15) is 5.82 Å². The normalized spacial score (nSPS) is 19.4. The molecule has 1 heterocycles. The van der Waals surface area contributed by atoms with Crippen molar-refractivity contribution in [3.63, 3.8) is 0 Å². The van der Waals surface area contributed by atoms with E-state index in [-0.39, 0.29) is 17.8 Å². The largest absolute Gasteiger partial charge is 0.337 e. The lowest BCUT2D eigenvalue weighted by atomic mass is 10.0. The van der Waals surface area contributed by atoms with Crippen LogP contribution in [0.2, 0.25) is 0 Å². The Kier molecular flexibility index (Phi) is 4.99. The molecule has 0 saturated carbocycles. The zero-order valence-corrected chi connectivity index (χ0v) is 13.4. The van der Waals surface area contributed by atoms with Crippen LogP contribution in [0, 0.1) is 19.7 Å². The number of carbonyl (C=O) groups excluding carboxylic acids is 1. The summed E-state index contributed by atoms with van der Waals surface area (Å²) in [5.74, 6) is 0.0117. The lowest BCUT2D eigenvalue weighted by molar-refractivity contribution is -0.136. The third-order valence-electron chi connectivity index (χ3n) is 3.93. The van der Waals surface area contributed by atoms with Gasteiger partial charge in [-0.25, -0.2) is 4.39 Å². The fourth-order valence-electron chi connectivity index (χ4n) is 3.00. The van der Waals surface area contributed by atoms with E-state index in [1.165, 1.54) is 0 Å². The molecule has 0 aliphatic carbocycles. The molecule has 3 nitrogen and oxygen atoms in total. The van der Waals surface area contributed by atoms with Crippen LogP contribution in [0.4, 0.5) is 4.39 Å². The van der Waals surface area contributed by atoms with Gasteiger partial charge >= 0.3 is 0 Å². The van der Waals surface area contributed by atoms with Crippen molar-refractivity contribution in [1.29, 1.82) is 0 Å². The Morgan fingerprint density at radius 3 is 2.52 bits per heavy atom. The Labute approximate surface area is 126 Å². The first-order valence-electron chi connectivity index (χ1n) is 7.69. The summed E-state index contributed by atoms with van der Waals surface area (Å²) >= 11 is 0. The molecule has 4 heteroatoms. The predicted molar refractivity (Wildman–Crippen MR) is 82.6 cm³/mol. The molecule has 1 unspecified atom stereocenters. The van der Waals surface area contributed by atoms with E-state index in [4.69, 9.17) is 0 Å². The van der Waals surface area contributed by atoms with Gasteiger partial charge in [-0.1, -0.05) is 26.0 Å². The number of hydrogen-bond donors (Lipinski definition) is 1. The summed E-state index contributed by atoms with van der Waals surface area (Å²) in [6, 6.07) is 3.90. The van der Waals surface area contributed by atoms with Crippen LogP contribution in [0.3, 0.4) is 0 Å². The van der Waals surface area contributed by atoms with Crippen molar-refractivity contribution in [2.45, 2.75) is 59.2 Å². The first-order valence-corrected chi connectivity index (χ1v) is 7.69. The summed E-state index contributed by atoms with van der Waals surface area (Å²) in [4.78, 5) is 14.4. The summed E-state index contributed by atoms with van der Waals surface area (Å²) in [5, 5.41) is 3.33. The second-order valence-electron chi connectivity index (χ2n) is 6.32. The first-order chi connectivity index (χ1) is 9.88. The van der Waals surface area contributed by atoms with Crippen molar-refractivity contribution in [2.24, 2.45) is 0 Å². The standard InChI is InChI=1S/C17H25FN2O/c1-11(2)19-15-6-5-7-20(17(15)21)10-14-8-12(3)16(18)13(4)9-14/h8-9,11,15,19H,5-7,10H2,1-4H3. The monoisotopic (exact) mass is 292 g/mol. The molecular formula is C17H25FN2O. The fraction of sp³-hybridized carbons (Fsp3) is 0.588. The van der Waals surface area contributed by atoms with Crippen LogP contribution in [0.15, 0.2) is 12.1 Å². The van der Waals surface area contributed by atoms with Crippen molar-refractivity contribution >= 4 is 5.91 Å². The maximum atomic E-state index is 13.7. The van der Waals surface area contributed by atoms with Gasteiger partial charge < -0.3 is 10.2 Å². The number of aryl methyl sites for hydroxylation is 2. The summed E-state index contributed by atoms with van der Waals surface area (Å²) in [7, 11) is 0. The summed E-state index contributed by atoms with van der Waals surface area (Å²) in [6.07, 6.45) is 1.91. The van der Waals surface area contributed by atoms with Crippen LogP contribution >= 0.6 is 0 Å². The van der Waals surface area contributed by atoms with Crippen LogP contribution in [0.1, 0.15) is 43.4 Å². The van der Waals surface area contributed by atoms with Gasteiger partial charge in [-0.05, 0) is 43.4 Å². The highest BCUT2D eigenvalue weighted by Gasteiger charge is 2.28. The van der Waals surface area contributed by atoms with Gasteiger partial charge in [-0.15, -0.1) is 0 Å². The maximum Gasteiger partial charge on any atom is 0.240 e. The molecular weight excluding hydrogens is 267 g/mol. The molecule has 116 valence electrons. The summed E-state index contributed by atoms with van der Waals surface area (Å²) in [5.41, 5.74) is 2.29. The topological polar surface area (TPSA) is 32.3 Å². The van der Waals surface area contributed by atoms with Crippen molar-refractivity contribution in [3.05, 3.63) is 34.6 Å². The van der Waals surface area contributed by atoms with Gasteiger partial charge in [-0.3, -0.25) is 4.79 Å². The Hall–Kier alpha value is -1.42. The smallest absolute Gasteiger partial charge is 0.240 e. The number of nitrogens with one attached hydrogen (secondary N) is 1. The molecule has 1 saturated heterocycles. The minimum Gasteiger partial charge on any atom is -0.337 e.